The predicted octanol–water partition coefficient (Wildman–Crippen LogP) is 2.87. The number of carbonyl (C=O) groups excluding carboxylic acids is 1. The third-order valence-corrected chi connectivity index (χ3v) is 3.70. The quantitative estimate of drug-likeness (QED) is 0.923. The van der Waals surface area contributed by atoms with Crippen LogP contribution < -0.4 is 4.74 Å². The van der Waals surface area contributed by atoms with Gasteiger partial charge in [0.25, 0.3) is 5.91 Å². The van der Waals surface area contributed by atoms with Crippen molar-refractivity contribution in [1.82, 2.24) is 4.90 Å². The molecule has 0 spiro atoms. The molecule has 116 valence electrons. The molecule has 4 heteroatoms. The Labute approximate surface area is 131 Å². The van der Waals surface area contributed by atoms with Gasteiger partial charge in [-0.15, -0.1) is 0 Å². The Morgan fingerprint density at radius 2 is 1.86 bits per heavy atom. The van der Waals surface area contributed by atoms with Gasteiger partial charge in [0.05, 0.1) is 7.11 Å². The van der Waals surface area contributed by atoms with Gasteiger partial charge in [0.2, 0.25) is 0 Å². The highest BCUT2D eigenvalue weighted by Gasteiger charge is 2.14. The van der Waals surface area contributed by atoms with Crippen molar-refractivity contribution in [2.75, 3.05) is 20.7 Å². The average Bonchev–Trinajstić information content (AvgIpc) is 2.59. The van der Waals surface area contributed by atoms with Crippen LogP contribution in [-0.2, 0) is 0 Å². The fourth-order valence-electron chi connectivity index (χ4n) is 2.18. The summed E-state index contributed by atoms with van der Waals surface area (Å²) < 4.78 is 5.17. The van der Waals surface area contributed by atoms with Gasteiger partial charge in [0.15, 0.2) is 0 Å². The first-order valence-electron chi connectivity index (χ1n) is 7.24. The van der Waals surface area contributed by atoms with E-state index >= 15 is 0 Å². The third kappa shape index (κ3) is 3.46. The number of hydrogen-bond donors (Lipinski definition) is 1. The third-order valence-electron chi connectivity index (χ3n) is 3.70. The second-order valence-electron chi connectivity index (χ2n) is 5.12. The fraction of sp³-hybridized carbons (Fsp3) is 0.278. The van der Waals surface area contributed by atoms with Gasteiger partial charge in [-0.1, -0.05) is 24.3 Å². The molecule has 0 saturated carbocycles. The molecule has 0 aliphatic rings. The molecule has 22 heavy (non-hydrogen) atoms. The van der Waals surface area contributed by atoms with Gasteiger partial charge in [-0.05, 0) is 42.3 Å². The SMILES string of the molecule is CCN(C)C(=O)c1ccc(C(O)c2cccc(OC)c2)cc1. The van der Waals surface area contributed by atoms with Crippen LogP contribution in [0.25, 0.3) is 0 Å². The van der Waals surface area contributed by atoms with Crippen LogP contribution >= 0.6 is 0 Å². The average molecular weight is 299 g/mol. The van der Waals surface area contributed by atoms with Crippen LogP contribution in [0.1, 0.15) is 34.5 Å². The zero-order valence-corrected chi connectivity index (χ0v) is 13.1. The molecule has 2 aromatic rings. The zero-order chi connectivity index (χ0) is 16.1. The predicted molar refractivity (Wildman–Crippen MR) is 86.1 cm³/mol. The van der Waals surface area contributed by atoms with E-state index in [2.05, 4.69) is 0 Å². The van der Waals surface area contributed by atoms with Gasteiger partial charge in [0.1, 0.15) is 11.9 Å². The molecule has 1 atom stereocenters. The lowest BCUT2D eigenvalue weighted by Gasteiger charge is -2.16. The Morgan fingerprint density at radius 1 is 1.18 bits per heavy atom. The topological polar surface area (TPSA) is 49.8 Å². The van der Waals surface area contributed by atoms with E-state index in [9.17, 15) is 9.90 Å². The number of hydrogen-bond acceptors (Lipinski definition) is 3. The molecule has 4 nitrogen and oxygen atoms in total. The van der Waals surface area contributed by atoms with E-state index in [0.717, 1.165) is 11.1 Å². The molecule has 0 fully saturated rings. The van der Waals surface area contributed by atoms with Gasteiger partial charge in [-0.2, -0.15) is 0 Å². The maximum absolute atomic E-state index is 12.1. The summed E-state index contributed by atoms with van der Waals surface area (Å²) in [4.78, 5) is 13.7. The molecular formula is C18H21NO3. The second-order valence-corrected chi connectivity index (χ2v) is 5.12. The van der Waals surface area contributed by atoms with Crippen LogP contribution in [0.2, 0.25) is 0 Å². The van der Waals surface area contributed by atoms with Crippen LogP contribution in [0.5, 0.6) is 5.75 Å². The first-order valence-corrected chi connectivity index (χ1v) is 7.24. The molecule has 1 unspecified atom stereocenters. The van der Waals surface area contributed by atoms with Crippen LogP contribution in [-0.4, -0.2) is 36.6 Å². The number of nitrogens with zero attached hydrogens (tertiary/aromatic N) is 1. The largest absolute Gasteiger partial charge is 0.497 e. The number of aliphatic hydroxyl groups is 1. The molecule has 0 bridgehead atoms. The summed E-state index contributed by atoms with van der Waals surface area (Å²) in [6, 6.07) is 14.4. The summed E-state index contributed by atoms with van der Waals surface area (Å²) in [5.41, 5.74) is 2.11. The number of rotatable bonds is 5. The summed E-state index contributed by atoms with van der Waals surface area (Å²) in [5.74, 6) is 0.679. The monoisotopic (exact) mass is 299 g/mol. The van der Waals surface area contributed by atoms with Gasteiger partial charge >= 0.3 is 0 Å². The lowest BCUT2D eigenvalue weighted by molar-refractivity contribution is 0.0802. The number of methoxy groups -OCH3 is 1. The first-order chi connectivity index (χ1) is 10.6. The highest BCUT2D eigenvalue weighted by Crippen LogP contribution is 2.25. The Hall–Kier alpha value is -2.33. The molecule has 0 saturated heterocycles. The minimum Gasteiger partial charge on any atom is -0.497 e. The molecule has 1 amide bonds. The van der Waals surface area contributed by atoms with E-state index in [-0.39, 0.29) is 5.91 Å². The summed E-state index contributed by atoms with van der Waals surface area (Å²) in [6.07, 6.45) is -0.747. The molecule has 0 aliphatic heterocycles. The van der Waals surface area contributed by atoms with Crippen LogP contribution in [0.15, 0.2) is 48.5 Å². The van der Waals surface area contributed by atoms with Crippen LogP contribution in [0, 0.1) is 0 Å². The molecule has 2 rings (SSSR count). The van der Waals surface area contributed by atoms with Crippen molar-refractivity contribution in [3.8, 4) is 5.75 Å². The molecule has 0 radical (unpaired) electrons. The number of amides is 1. The van der Waals surface area contributed by atoms with Crippen molar-refractivity contribution in [3.63, 3.8) is 0 Å². The lowest BCUT2D eigenvalue weighted by Crippen LogP contribution is -2.26. The molecule has 0 heterocycles. The number of ether oxygens (including phenoxy) is 1. The van der Waals surface area contributed by atoms with E-state index in [1.165, 1.54) is 0 Å². The minimum atomic E-state index is -0.747. The first kappa shape index (κ1) is 16.0. The second kappa shape index (κ2) is 7.09. The Balaban J connectivity index is 2.20. The van der Waals surface area contributed by atoms with E-state index < -0.39 is 6.10 Å². The minimum absolute atomic E-state index is 0.0232. The maximum Gasteiger partial charge on any atom is 0.253 e. The number of aliphatic hydroxyl groups excluding tert-OH is 1. The fourth-order valence-corrected chi connectivity index (χ4v) is 2.18. The zero-order valence-electron chi connectivity index (χ0n) is 13.1. The van der Waals surface area contributed by atoms with Crippen molar-refractivity contribution in [3.05, 3.63) is 65.2 Å². The van der Waals surface area contributed by atoms with E-state index in [0.29, 0.717) is 17.9 Å². The summed E-state index contributed by atoms with van der Waals surface area (Å²) in [5, 5.41) is 10.4. The van der Waals surface area contributed by atoms with Crippen molar-refractivity contribution in [2.24, 2.45) is 0 Å². The molecule has 2 aromatic carbocycles. The molecular weight excluding hydrogens is 278 g/mol. The smallest absolute Gasteiger partial charge is 0.253 e. The van der Waals surface area contributed by atoms with Crippen molar-refractivity contribution < 1.29 is 14.6 Å². The molecule has 0 aromatic heterocycles. The number of benzene rings is 2. The summed E-state index contributed by atoms with van der Waals surface area (Å²) in [7, 11) is 3.36. The van der Waals surface area contributed by atoms with Crippen molar-refractivity contribution >= 4 is 5.91 Å². The van der Waals surface area contributed by atoms with Gasteiger partial charge in [-0.3, -0.25) is 4.79 Å². The Bertz CT molecular complexity index is 637. The maximum atomic E-state index is 12.1. The Morgan fingerprint density at radius 3 is 2.45 bits per heavy atom. The Kier molecular flexibility index (Phi) is 5.17. The number of carbonyl (C=O) groups is 1. The van der Waals surface area contributed by atoms with Crippen molar-refractivity contribution in [2.45, 2.75) is 13.0 Å². The van der Waals surface area contributed by atoms with Gasteiger partial charge in [0, 0.05) is 19.2 Å². The van der Waals surface area contributed by atoms with Gasteiger partial charge < -0.3 is 14.7 Å². The van der Waals surface area contributed by atoms with E-state index in [1.54, 1.807) is 49.4 Å². The van der Waals surface area contributed by atoms with Gasteiger partial charge in [-0.25, -0.2) is 0 Å². The summed E-state index contributed by atoms with van der Waals surface area (Å²) >= 11 is 0. The van der Waals surface area contributed by atoms with Crippen molar-refractivity contribution in [1.29, 1.82) is 0 Å². The normalized spacial score (nSPS) is 11.8. The highest BCUT2D eigenvalue weighted by molar-refractivity contribution is 5.94. The van der Waals surface area contributed by atoms with Crippen LogP contribution in [0.3, 0.4) is 0 Å². The van der Waals surface area contributed by atoms with E-state index in [1.807, 2.05) is 25.1 Å². The standard InChI is InChI=1S/C18H21NO3/c1-4-19(2)18(21)14-10-8-13(9-11-14)17(20)15-6-5-7-16(12-15)22-3/h5-12,17,20H,4H2,1-3H3. The molecule has 0 aliphatic carbocycles. The molecule has 1 N–H and O–H groups in total. The van der Waals surface area contributed by atoms with Crippen LogP contribution in [0.4, 0.5) is 0 Å². The lowest BCUT2D eigenvalue weighted by atomic mass is 10.00. The highest BCUT2D eigenvalue weighted by atomic mass is 16.5. The van der Waals surface area contributed by atoms with E-state index in [4.69, 9.17) is 4.74 Å². The summed E-state index contributed by atoms with van der Waals surface area (Å²) in [6.45, 7) is 2.59.